The van der Waals surface area contributed by atoms with Crippen molar-refractivity contribution in [3.63, 3.8) is 0 Å². The first kappa shape index (κ1) is 18.8. The van der Waals surface area contributed by atoms with Crippen LogP contribution in [-0.4, -0.2) is 32.9 Å². The molecule has 0 N–H and O–H groups in total. The van der Waals surface area contributed by atoms with Crippen molar-refractivity contribution in [2.75, 3.05) is 6.61 Å². The van der Waals surface area contributed by atoms with Gasteiger partial charge in [-0.15, -0.1) is 5.54 Å². The molecule has 0 aliphatic heterocycles. The minimum atomic E-state index is -1.36. The number of carbonyl (C=O) groups excluding carboxylic acids is 1. The average Bonchev–Trinajstić information content (AvgIpc) is 2.52. The molecule has 1 saturated carbocycles. The van der Waals surface area contributed by atoms with Crippen molar-refractivity contribution in [1.82, 2.24) is 0 Å². The lowest BCUT2D eigenvalue weighted by molar-refractivity contribution is -0.0622. The highest BCUT2D eigenvalue weighted by Crippen LogP contribution is 2.25. The van der Waals surface area contributed by atoms with E-state index in [0.717, 1.165) is 31.2 Å². The molecule has 2 rings (SSSR count). The number of aryl methyl sites for hydroxylation is 1. The summed E-state index contributed by atoms with van der Waals surface area (Å²) in [5.74, 6) is 2.87. The maximum atomic E-state index is 12.3. The van der Waals surface area contributed by atoms with Crippen LogP contribution in [0.4, 0.5) is 0 Å². The normalized spacial score (nSPS) is 20.8. The molecule has 0 bridgehead atoms. The molecule has 0 aromatic heterocycles. The Morgan fingerprint density at radius 1 is 1.12 bits per heavy atom. The molecule has 1 aliphatic rings. The van der Waals surface area contributed by atoms with Crippen LogP contribution in [0.3, 0.4) is 0 Å². The second-order valence-electron chi connectivity index (χ2n) is 7.50. The molecular weight excluding hydrogens is 316 g/mol. The van der Waals surface area contributed by atoms with Gasteiger partial charge in [0.15, 0.2) is 0 Å². The molecule has 0 radical (unpaired) electrons. The van der Waals surface area contributed by atoms with Crippen molar-refractivity contribution in [3.8, 4) is 11.5 Å². The Bertz CT molecular complexity index is 605. The first-order valence-electron chi connectivity index (χ1n) is 8.74. The van der Waals surface area contributed by atoms with Gasteiger partial charge in [-0.05, 0) is 38.3 Å². The molecule has 1 aromatic rings. The van der Waals surface area contributed by atoms with Crippen LogP contribution >= 0.6 is 0 Å². The first-order chi connectivity index (χ1) is 11.3. The Hall–Kier alpha value is -1.57. The van der Waals surface area contributed by atoms with E-state index < -0.39 is 8.07 Å². The second-order valence-corrected chi connectivity index (χ2v) is 12.2. The third-order valence-electron chi connectivity index (χ3n) is 4.02. The number of hydrogen-bond donors (Lipinski definition) is 0. The number of hydrogen-bond acceptors (Lipinski definition) is 3. The van der Waals surface area contributed by atoms with Gasteiger partial charge in [0.1, 0.15) is 20.8 Å². The molecular formula is C20H28O3Si. The molecule has 130 valence electrons. The summed E-state index contributed by atoms with van der Waals surface area (Å²) in [4.78, 5) is 12.3. The predicted molar refractivity (Wildman–Crippen MR) is 99.7 cm³/mol. The third-order valence-corrected chi connectivity index (χ3v) is 4.95. The maximum absolute atomic E-state index is 12.3. The predicted octanol–water partition coefficient (Wildman–Crippen LogP) is 4.36. The highest BCUT2D eigenvalue weighted by Gasteiger charge is 2.29. The van der Waals surface area contributed by atoms with E-state index in [1.54, 1.807) is 0 Å². The zero-order chi connectivity index (χ0) is 17.6. The molecule has 3 nitrogen and oxygen atoms in total. The standard InChI is InChI=1S/C20H28O3Si/c1-16-10-12-17(13-11-16)20(21)23-19-9-6-5-8-18(19)22-14-7-15-24(2,3)4/h10-13,18-19H,5-6,8-9,14H2,1-4H3/t18-,19-/m1/s1. The number of ether oxygens (including phenoxy) is 2. The molecule has 0 heterocycles. The van der Waals surface area contributed by atoms with Crippen LogP contribution in [0.15, 0.2) is 24.3 Å². The molecule has 0 saturated heterocycles. The van der Waals surface area contributed by atoms with E-state index in [9.17, 15) is 4.79 Å². The van der Waals surface area contributed by atoms with Crippen LogP contribution in [0.1, 0.15) is 41.6 Å². The van der Waals surface area contributed by atoms with Crippen LogP contribution in [-0.2, 0) is 9.47 Å². The lowest BCUT2D eigenvalue weighted by Gasteiger charge is -2.30. The van der Waals surface area contributed by atoms with Crippen molar-refractivity contribution in [3.05, 3.63) is 35.4 Å². The lowest BCUT2D eigenvalue weighted by Crippen LogP contribution is -2.36. The van der Waals surface area contributed by atoms with E-state index >= 15 is 0 Å². The number of rotatable bonds is 4. The summed E-state index contributed by atoms with van der Waals surface area (Å²) >= 11 is 0. The summed E-state index contributed by atoms with van der Waals surface area (Å²) in [5.41, 5.74) is 5.04. The fraction of sp³-hybridized carbons (Fsp3) is 0.550. The monoisotopic (exact) mass is 344 g/mol. The van der Waals surface area contributed by atoms with Gasteiger partial charge >= 0.3 is 5.97 Å². The smallest absolute Gasteiger partial charge is 0.338 e. The Labute approximate surface area is 146 Å². The van der Waals surface area contributed by atoms with Crippen LogP contribution < -0.4 is 0 Å². The summed E-state index contributed by atoms with van der Waals surface area (Å²) in [6.45, 7) is 9.07. The molecule has 0 unspecified atom stereocenters. The Morgan fingerprint density at radius 3 is 2.38 bits per heavy atom. The van der Waals surface area contributed by atoms with E-state index in [2.05, 4.69) is 31.1 Å². The van der Waals surface area contributed by atoms with Crippen LogP contribution in [0.2, 0.25) is 19.6 Å². The van der Waals surface area contributed by atoms with Crippen molar-refractivity contribution in [2.24, 2.45) is 0 Å². The molecule has 1 fully saturated rings. The molecule has 2 atom stereocenters. The highest BCUT2D eigenvalue weighted by molar-refractivity contribution is 6.83. The quantitative estimate of drug-likeness (QED) is 0.462. The molecule has 24 heavy (non-hydrogen) atoms. The molecule has 0 amide bonds. The van der Waals surface area contributed by atoms with E-state index in [1.165, 1.54) is 0 Å². The molecule has 1 aromatic carbocycles. The fourth-order valence-corrected chi connectivity index (χ4v) is 3.34. The van der Waals surface area contributed by atoms with Gasteiger partial charge in [-0.3, -0.25) is 0 Å². The zero-order valence-corrected chi connectivity index (χ0v) is 16.2. The van der Waals surface area contributed by atoms with Gasteiger partial charge in [0.05, 0.1) is 11.7 Å². The van der Waals surface area contributed by atoms with Crippen molar-refractivity contribution in [2.45, 2.75) is 64.5 Å². The van der Waals surface area contributed by atoms with Gasteiger partial charge in [-0.2, -0.15) is 0 Å². The number of benzene rings is 1. The van der Waals surface area contributed by atoms with Crippen LogP contribution in [0.5, 0.6) is 0 Å². The van der Waals surface area contributed by atoms with Gasteiger partial charge in [0.2, 0.25) is 0 Å². The minimum absolute atomic E-state index is 0.0379. The summed E-state index contributed by atoms with van der Waals surface area (Å²) < 4.78 is 11.6. The van der Waals surface area contributed by atoms with E-state index in [4.69, 9.17) is 9.47 Å². The maximum Gasteiger partial charge on any atom is 0.338 e. The molecule has 1 aliphatic carbocycles. The Balaban J connectivity index is 1.92. The highest BCUT2D eigenvalue weighted by atomic mass is 28.3. The Morgan fingerprint density at radius 2 is 1.75 bits per heavy atom. The van der Waals surface area contributed by atoms with Gasteiger partial charge in [0.25, 0.3) is 0 Å². The van der Waals surface area contributed by atoms with E-state index in [1.807, 2.05) is 31.2 Å². The second kappa shape index (κ2) is 8.50. The number of carbonyl (C=O) groups is 1. The summed E-state index contributed by atoms with van der Waals surface area (Å²) in [6.07, 6.45) is 3.78. The molecule has 4 heteroatoms. The van der Waals surface area contributed by atoms with Crippen molar-refractivity contribution < 1.29 is 14.3 Å². The summed E-state index contributed by atoms with van der Waals surface area (Å²) in [6, 6.07) is 7.49. The van der Waals surface area contributed by atoms with E-state index in [0.29, 0.717) is 12.2 Å². The molecule has 0 spiro atoms. The zero-order valence-electron chi connectivity index (χ0n) is 15.2. The minimum Gasteiger partial charge on any atom is -0.456 e. The fourth-order valence-electron chi connectivity index (χ4n) is 2.73. The van der Waals surface area contributed by atoms with E-state index in [-0.39, 0.29) is 18.2 Å². The Kier molecular flexibility index (Phi) is 6.65. The first-order valence-corrected chi connectivity index (χ1v) is 12.2. The summed E-state index contributed by atoms with van der Waals surface area (Å²) in [7, 11) is -1.36. The largest absolute Gasteiger partial charge is 0.456 e. The average molecular weight is 345 g/mol. The van der Waals surface area contributed by atoms with Crippen molar-refractivity contribution in [1.29, 1.82) is 0 Å². The van der Waals surface area contributed by atoms with Gasteiger partial charge in [-0.1, -0.05) is 49.7 Å². The van der Waals surface area contributed by atoms with Crippen LogP contribution in [0.25, 0.3) is 0 Å². The topological polar surface area (TPSA) is 35.5 Å². The third kappa shape index (κ3) is 6.14. The SMILES string of the molecule is Cc1ccc(C(=O)O[C@@H]2CCCC[C@H]2OCC#C[Si](C)(C)C)cc1. The van der Waals surface area contributed by atoms with Crippen LogP contribution in [0, 0.1) is 18.4 Å². The van der Waals surface area contributed by atoms with Crippen molar-refractivity contribution >= 4 is 14.0 Å². The van der Waals surface area contributed by atoms with Gasteiger partial charge < -0.3 is 9.47 Å². The number of esters is 1. The lowest BCUT2D eigenvalue weighted by atomic mass is 9.94. The summed E-state index contributed by atoms with van der Waals surface area (Å²) in [5, 5.41) is 0. The van der Waals surface area contributed by atoms with Gasteiger partial charge in [-0.25, -0.2) is 4.79 Å². The van der Waals surface area contributed by atoms with Gasteiger partial charge in [0, 0.05) is 0 Å².